The van der Waals surface area contributed by atoms with Crippen LogP contribution in [0.25, 0.3) is 0 Å². The van der Waals surface area contributed by atoms with Crippen molar-refractivity contribution in [3.63, 3.8) is 0 Å². The number of nitrogens with zero attached hydrogens (tertiary/aromatic N) is 1. The molecule has 5 heteroatoms. The number of amides is 1. The first kappa shape index (κ1) is 16.3. The minimum Gasteiger partial charge on any atom is -0.481 e. The van der Waals surface area contributed by atoms with Crippen molar-refractivity contribution in [1.82, 2.24) is 4.90 Å². The van der Waals surface area contributed by atoms with Gasteiger partial charge in [0.2, 0.25) is 5.91 Å². The van der Waals surface area contributed by atoms with E-state index in [1.54, 1.807) is 12.0 Å². The van der Waals surface area contributed by atoms with Crippen LogP contribution >= 0.6 is 0 Å². The van der Waals surface area contributed by atoms with Gasteiger partial charge in [0.1, 0.15) is 0 Å². The molecule has 0 radical (unpaired) electrons. The van der Waals surface area contributed by atoms with Crippen LogP contribution in [0, 0.1) is 11.3 Å². The number of piperidine rings is 1. The monoisotopic (exact) mass is 297 g/mol. The molecule has 0 aromatic carbocycles. The van der Waals surface area contributed by atoms with Gasteiger partial charge in [-0.05, 0) is 44.4 Å². The van der Waals surface area contributed by atoms with Gasteiger partial charge in [-0.3, -0.25) is 9.59 Å². The molecule has 0 aromatic rings. The van der Waals surface area contributed by atoms with E-state index in [2.05, 4.69) is 0 Å². The van der Waals surface area contributed by atoms with Crippen molar-refractivity contribution in [3.05, 3.63) is 0 Å². The van der Waals surface area contributed by atoms with E-state index in [4.69, 9.17) is 4.74 Å². The largest absolute Gasteiger partial charge is 0.481 e. The fourth-order valence-electron chi connectivity index (χ4n) is 3.46. The topological polar surface area (TPSA) is 66.8 Å². The Bertz CT molecular complexity index is 380. The van der Waals surface area contributed by atoms with Crippen LogP contribution in [0.15, 0.2) is 0 Å². The van der Waals surface area contributed by atoms with Crippen LogP contribution in [0.3, 0.4) is 0 Å². The second kappa shape index (κ2) is 7.25. The van der Waals surface area contributed by atoms with Gasteiger partial charge < -0.3 is 14.7 Å². The van der Waals surface area contributed by atoms with Crippen LogP contribution in [-0.4, -0.2) is 48.7 Å². The van der Waals surface area contributed by atoms with E-state index in [1.165, 1.54) is 6.42 Å². The van der Waals surface area contributed by atoms with E-state index >= 15 is 0 Å². The fourth-order valence-corrected chi connectivity index (χ4v) is 3.46. The molecule has 120 valence electrons. The lowest BCUT2D eigenvalue weighted by Gasteiger charge is -2.41. The maximum absolute atomic E-state index is 12.3. The molecule has 21 heavy (non-hydrogen) atoms. The maximum atomic E-state index is 12.3. The van der Waals surface area contributed by atoms with Gasteiger partial charge in [0.15, 0.2) is 0 Å². The summed E-state index contributed by atoms with van der Waals surface area (Å²) in [5.74, 6) is -0.0799. The highest BCUT2D eigenvalue weighted by Crippen LogP contribution is 2.36. The van der Waals surface area contributed by atoms with Crippen molar-refractivity contribution in [2.45, 2.75) is 51.4 Å². The molecule has 0 aromatic heterocycles. The number of carboxylic acid groups (broad SMARTS) is 1. The molecule has 1 N–H and O–H groups in total. The van der Waals surface area contributed by atoms with Crippen LogP contribution in [0.5, 0.6) is 0 Å². The zero-order chi connectivity index (χ0) is 15.3. The Labute approximate surface area is 126 Å². The summed E-state index contributed by atoms with van der Waals surface area (Å²) in [6.07, 6.45) is 6.91. The van der Waals surface area contributed by atoms with Gasteiger partial charge in [0.25, 0.3) is 0 Å². The van der Waals surface area contributed by atoms with Gasteiger partial charge in [-0.2, -0.15) is 0 Å². The molecular formula is C16H27NO4. The lowest BCUT2D eigenvalue weighted by atomic mass is 9.75. The van der Waals surface area contributed by atoms with Crippen molar-refractivity contribution in [3.8, 4) is 0 Å². The third-order valence-corrected chi connectivity index (χ3v) is 5.08. The molecule has 1 atom stereocenters. The van der Waals surface area contributed by atoms with E-state index in [0.717, 1.165) is 25.7 Å². The van der Waals surface area contributed by atoms with E-state index in [9.17, 15) is 14.7 Å². The number of hydrogen-bond donors (Lipinski definition) is 1. The van der Waals surface area contributed by atoms with Crippen molar-refractivity contribution in [2.75, 3.05) is 26.8 Å². The number of carboxylic acids is 1. The first-order valence-electron chi connectivity index (χ1n) is 8.07. The number of likely N-dealkylation sites (tertiary alicyclic amines) is 1. The van der Waals surface area contributed by atoms with Crippen LogP contribution in [-0.2, 0) is 14.3 Å². The first-order valence-corrected chi connectivity index (χ1v) is 8.07. The lowest BCUT2D eigenvalue weighted by Crippen LogP contribution is -2.50. The fraction of sp³-hybridized carbons (Fsp3) is 0.875. The molecule has 2 fully saturated rings. The summed E-state index contributed by atoms with van der Waals surface area (Å²) < 4.78 is 5.03. The highest BCUT2D eigenvalue weighted by Gasteiger charge is 2.43. The summed E-state index contributed by atoms with van der Waals surface area (Å²) in [7, 11) is 1.63. The Morgan fingerprint density at radius 3 is 2.67 bits per heavy atom. The summed E-state index contributed by atoms with van der Waals surface area (Å²) in [5, 5.41) is 9.65. The maximum Gasteiger partial charge on any atom is 0.311 e. The Kier molecular flexibility index (Phi) is 5.62. The van der Waals surface area contributed by atoms with E-state index < -0.39 is 11.4 Å². The molecule has 1 saturated heterocycles. The third-order valence-electron chi connectivity index (χ3n) is 5.08. The second-order valence-corrected chi connectivity index (χ2v) is 6.60. The Hall–Kier alpha value is -1.10. The molecule has 2 aliphatic rings. The minimum atomic E-state index is -0.772. The number of aliphatic carboxylic acids is 1. The molecule has 5 nitrogen and oxygen atoms in total. The van der Waals surface area contributed by atoms with Crippen molar-refractivity contribution in [2.24, 2.45) is 11.3 Å². The van der Waals surface area contributed by atoms with E-state index in [1.807, 2.05) is 0 Å². The van der Waals surface area contributed by atoms with Crippen LogP contribution in [0.2, 0.25) is 0 Å². The molecule has 2 rings (SSSR count). The molecule has 1 saturated carbocycles. The summed E-state index contributed by atoms with van der Waals surface area (Å²) in [4.78, 5) is 25.9. The standard InChI is InChI=1S/C16H27NO4/c1-21-10-4-8-16(15(19)20)7-3-9-17(12-16)14(18)11-13-5-2-6-13/h13H,2-12H2,1H3,(H,19,20). The number of ether oxygens (including phenoxy) is 1. The second-order valence-electron chi connectivity index (χ2n) is 6.60. The first-order chi connectivity index (χ1) is 10.1. The predicted octanol–water partition coefficient (Wildman–Crippen LogP) is 2.30. The lowest BCUT2D eigenvalue weighted by molar-refractivity contribution is -0.156. The van der Waals surface area contributed by atoms with Gasteiger partial charge in [-0.1, -0.05) is 6.42 Å². The highest BCUT2D eigenvalue weighted by molar-refractivity contribution is 5.80. The average Bonchev–Trinajstić information content (AvgIpc) is 2.43. The van der Waals surface area contributed by atoms with Gasteiger partial charge in [-0.25, -0.2) is 0 Å². The van der Waals surface area contributed by atoms with Crippen LogP contribution in [0.1, 0.15) is 51.4 Å². The number of rotatable bonds is 7. The molecule has 1 aliphatic carbocycles. The van der Waals surface area contributed by atoms with Gasteiger partial charge >= 0.3 is 5.97 Å². The SMILES string of the molecule is COCCCC1(C(=O)O)CCCN(C(=O)CC2CCC2)C1. The Balaban J connectivity index is 1.94. The molecule has 0 bridgehead atoms. The van der Waals surface area contributed by atoms with Crippen molar-refractivity contribution < 1.29 is 19.4 Å². The van der Waals surface area contributed by atoms with E-state index in [-0.39, 0.29) is 5.91 Å². The van der Waals surface area contributed by atoms with E-state index in [0.29, 0.717) is 44.9 Å². The van der Waals surface area contributed by atoms with Crippen LogP contribution in [0.4, 0.5) is 0 Å². The predicted molar refractivity (Wildman–Crippen MR) is 79.0 cm³/mol. The number of carbonyl (C=O) groups is 2. The van der Waals surface area contributed by atoms with Gasteiger partial charge in [-0.15, -0.1) is 0 Å². The van der Waals surface area contributed by atoms with Crippen molar-refractivity contribution in [1.29, 1.82) is 0 Å². The summed E-state index contributed by atoms with van der Waals surface area (Å²) in [6.45, 7) is 1.66. The average molecular weight is 297 g/mol. The number of hydrogen-bond acceptors (Lipinski definition) is 3. The number of carbonyl (C=O) groups excluding carboxylic acids is 1. The minimum absolute atomic E-state index is 0.150. The molecule has 1 heterocycles. The highest BCUT2D eigenvalue weighted by atomic mass is 16.5. The smallest absolute Gasteiger partial charge is 0.311 e. The normalized spacial score (nSPS) is 26.4. The summed E-state index contributed by atoms with van der Waals surface area (Å²) in [5.41, 5.74) is -0.772. The molecule has 0 spiro atoms. The third kappa shape index (κ3) is 3.96. The molecule has 1 unspecified atom stereocenters. The van der Waals surface area contributed by atoms with Crippen LogP contribution < -0.4 is 0 Å². The number of methoxy groups -OCH3 is 1. The van der Waals surface area contributed by atoms with Crippen molar-refractivity contribution >= 4 is 11.9 Å². The van der Waals surface area contributed by atoms with Gasteiger partial charge in [0.05, 0.1) is 5.41 Å². The molecule has 1 amide bonds. The summed E-state index contributed by atoms with van der Waals surface area (Å²) in [6, 6.07) is 0. The summed E-state index contributed by atoms with van der Waals surface area (Å²) >= 11 is 0. The Morgan fingerprint density at radius 1 is 1.33 bits per heavy atom. The Morgan fingerprint density at radius 2 is 2.10 bits per heavy atom. The van der Waals surface area contributed by atoms with Gasteiger partial charge in [0, 0.05) is 33.2 Å². The zero-order valence-electron chi connectivity index (χ0n) is 13.0. The quantitative estimate of drug-likeness (QED) is 0.732. The molecule has 1 aliphatic heterocycles. The zero-order valence-corrected chi connectivity index (χ0v) is 13.0. The molecular weight excluding hydrogens is 270 g/mol.